The van der Waals surface area contributed by atoms with Crippen LogP contribution in [0.15, 0.2) is 60.7 Å². The van der Waals surface area contributed by atoms with Crippen molar-refractivity contribution in [2.24, 2.45) is 17.3 Å². The normalized spacial score (nSPS) is 29.0. The quantitative estimate of drug-likeness (QED) is 0.314. The van der Waals surface area contributed by atoms with Gasteiger partial charge in [-0.2, -0.15) is 0 Å². The molecule has 0 spiro atoms. The fourth-order valence-corrected chi connectivity index (χ4v) is 9.54. The number of aromatic nitrogens is 1. The van der Waals surface area contributed by atoms with Crippen LogP contribution in [0.25, 0.3) is 10.2 Å². The van der Waals surface area contributed by atoms with Crippen molar-refractivity contribution in [1.82, 2.24) is 14.6 Å². The van der Waals surface area contributed by atoms with Crippen molar-refractivity contribution in [3.8, 4) is 5.19 Å². The second kappa shape index (κ2) is 13.3. The van der Waals surface area contributed by atoms with Crippen molar-refractivity contribution in [2.75, 3.05) is 6.54 Å². The first-order chi connectivity index (χ1) is 23.1. The first kappa shape index (κ1) is 32.9. The minimum absolute atomic E-state index is 0.164. The summed E-state index contributed by atoms with van der Waals surface area (Å²) in [7, 11) is -3.80. The fraction of sp³-hybridized carbons (Fsp3) is 0.500. The van der Waals surface area contributed by atoms with Crippen molar-refractivity contribution in [1.29, 1.82) is 0 Å². The first-order valence-electron chi connectivity index (χ1n) is 16.9. The Morgan fingerprint density at radius 2 is 1.85 bits per heavy atom. The summed E-state index contributed by atoms with van der Waals surface area (Å²) >= 11 is 1.40. The summed E-state index contributed by atoms with van der Waals surface area (Å²) < 4.78 is 48.8. The molecule has 2 aromatic carbocycles. The van der Waals surface area contributed by atoms with Crippen LogP contribution in [-0.4, -0.2) is 59.8 Å². The number of halogens is 1. The SMILES string of the molecule is O=C1C[C@]2(C(=O)NS(=O)(=O)C3CC3)C[C@@H]2/C=C\CCCCC[C@H](Cc2ccc(F)cc2)C(=O)N2C[C@H](Oc3nc4ccccc4s3)C[C@@H]12. The molecule has 4 aliphatic rings. The van der Waals surface area contributed by atoms with Gasteiger partial charge in [0.2, 0.25) is 21.8 Å². The van der Waals surface area contributed by atoms with Gasteiger partial charge in [-0.05, 0) is 80.7 Å². The molecule has 5 atom stereocenters. The third-order valence-electron chi connectivity index (χ3n) is 10.3. The van der Waals surface area contributed by atoms with E-state index in [1.54, 1.807) is 17.0 Å². The molecule has 9 nitrogen and oxygen atoms in total. The molecule has 0 unspecified atom stereocenters. The molecule has 254 valence electrons. The van der Waals surface area contributed by atoms with Crippen LogP contribution >= 0.6 is 11.3 Å². The monoisotopic (exact) mass is 693 g/mol. The molecular formula is C36H40FN3O6S2. The van der Waals surface area contributed by atoms with Crippen molar-refractivity contribution < 1.29 is 31.9 Å². The van der Waals surface area contributed by atoms with Crippen LogP contribution in [-0.2, 0) is 30.8 Å². The Bertz CT molecular complexity index is 1810. The number of rotatable bonds is 7. The molecule has 0 bridgehead atoms. The van der Waals surface area contributed by atoms with Crippen molar-refractivity contribution in [3.05, 3.63) is 72.1 Å². The Morgan fingerprint density at radius 3 is 2.62 bits per heavy atom. The number of nitrogens with zero attached hydrogens (tertiary/aromatic N) is 2. The minimum Gasteiger partial charge on any atom is -0.465 e. The molecule has 1 aromatic heterocycles. The van der Waals surface area contributed by atoms with Gasteiger partial charge >= 0.3 is 0 Å². The predicted molar refractivity (Wildman–Crippen MR) is 180 cm³/mol. The van der Waals surface area contributed by atoms with Crippen LogP contribution in [0.1, 0.15) is 69.8 Å². The van der Waals surface area contributed by atoms with E-state index in [-0.39, 0.29) is 42.8 Å². The van der Waals surface area contributed by atoms with Crippen LogP contribution in [0, 0.1) is 23.1 Å². The number of Topliss-reactive ketones (excluding diaryl/α,β-unsaturated/α-hetero) is 1. The average Bonchev–Trinajstić information content (AvgIpc) is 3.95. The number of carbonyl (C=O) groups is 3. The van der Waals surface area contributed by atoms with Crippen molar-refractivity contribution in [2.45, 2.75) is 88.0 Å². The van der Waals surface area contributed by atoms with E-state index in [0.29, 0.717) is 37.3 Å². The number of carbonyl (C=O) groups excluding carboxylic acids is 3. The highest BCUT2D eigenvalue weighted by Crippen LogP contribution is 2.57. The van der Waals surface area contributed by atoms with Gasteiger partial charge in [0.1, 0.15) is 11.9 Å². The number of para-hydroxylation sites is 1. The van der Waals surface area contributed by atoms with Gasteiger partial charge in [-0.15, -0.1) is 0 Å². The van der Waals surface area contributed by atoms with E-state index in [9.17, 15) is 27.2 Å². The standard InChI is InChI=1S/C36H40FN3O6S2/c37-26-14-12-23(13-15-26)18-24-8-4-2-1-3-5-9-25-20-36(25,34(43)39-48(44,45)28-16-17-28)21-31(41)30-19-27(22-40(30)33(24)42)46-35-38-29-10-6-7-11-32(29)47-35/h5-7,9-15,24-25,27-28,30H,1-4,8,16-22H2,(H,39,43)/b9-5-/t24-,25+,27-,30+,36-/m1/s1. The zero-order chi connectivity index (χ0) is 33.5. The predicted octanol–water partition coefficient (Wildman–Crippen LogP) is 5.74. The van der Waals surface area contributed by atoms with Gasteiger partial charge in [0.05, 0.1) is 33.5 Å². The first-order valence-corrected chi connectivity index (χ1v) is 19.3. The summed E-state index contributed by atoms with van der Waals surface area (Å²) in [5, 5.41) is -0.106. The number of allylic oxidation sites excluding steroid dienone is 2. The molecule has 3 aromatic rings. The van der Waals surface area contributed by atoms with Crippen LogP contribution in [0.2, 0.25) is 0 Å². The van der Waals surface area contributed by atoms with Crippen molar-refractivity contribution in [3.63, 3.8) is 0 Å². The van der Waals surface area contributed by atoms with E-state index in [1.807, 2.05) is 36.4 Å². The van der Waals surface area contributed by atoms with Crippen LogP contribution in [0.3, 0.4) is 0 Å². The number of sulfonamides is 1. The summed E-state index contributed by atoms with van der Waals surface area (Å²) in [6, 6.07) is 13.0. The zero-order valence-corrected chi connectivity index (χ0v) is 28.3. The molecule has 3 heterocycles. The summed E-state index contributed by atoms with van der Waals surface area (Å²) in [5.41, 5.74) is 0.469. The summed E-state index contributed by atoms with van der Waals surface area (Å²) in [4.78, 5) is 48.7. The minimum atomic E-state index is -3.80. The van der Waals surface area contributed by atoms with Gasteiger partial charge in [0.15, 0.2) is 5.78 Å². The van der Waals surface area contributed by atoms with E-state index < -0.39 is 44.7 Å². The van der Waals surface area contributed by atoms with Gasteiger partial charge < -0.3 is 9.64 Å². The lowest BCUT2D eigenvalue weighted by Gasteiger charge is -2.29. The van der Waals surface area contributed by atoms with Gasteiger partial charge in [0.25, 0.3) is 5.19 Å². The van der Waals surface area contributed by atoms with Crippen LogP contribution < -0.4 is 9.46 Å². The molecule has 3 fully saturated rings. The number of nitrogens with one attached hydrogen (secondary N) is 1. The maximum Gasteiger partial charge on any atom is 0.274 e. The van der Waals surface area contributed by atoms with Gasteiger partial charge in [-0.3, -0.25) is 19.1 Å². The smallest absolute Gasteiger partial charge is 0.274 e. The lowest BCUT2D eigenvalue weighted by Crippen LogP contribution is -2.46. The number of amides is 2. The largest absolute Gasteiger partial charge is 0.465 e. The number of ether oxygens (including phenoxy) is 1. The summed E-state index contributed by atoms with van der Waals surface area (Å²) in [5.74, 6) is -2.10. The molecule has 2 amide bonds. The number of thiazole rings is 1. The summed E-state index contributed by atoms with van der Waals surface area (Å²) in [6.07, 6.45) is 9.43. The third kappa shape index (κ3) is 7.05. The molecule has 2 aliphatic heterocycles. The maximum atomic E-state index is 14.5. The molecule has 2 aliphatic carbocycles. The molecule has 0 radical (unpaired) electrons. The molecule has 1 N–H and O–H groups in total. The van der Waals surface area contributed by atoms with E-state index in [1.165, 1.54) is 23.5 Å². The molecule has 12 heteroatoms. The number of benzene rings is 2. The second-order valence-corrected chi connectivity index (χ2v) is 16.8. The van der Waals surface area contributed by atoms with Crippen LogP contribution in [0.4, 0.5) is 4.39 Å². The fourth-order valence-electron chi connectivity index (χ4n) is 7.27. The van der Waals surface area contributed by atoms with Gasteiger partial charge in [-0.1, -0.05) is 60.6 Å². The zero-order valence-electron chi connectivity index (χ0n) is 26.7. The Balaban J connectivity index is 1.18. The highest BCUT2D eigenvalue weighted by Gasteiger charge is 2.61. The Kier molecular flexibility index (Phi) is 9.14. The number of hydrogen-bond donors (Lipinski definition) is 1. The topological polar surface area (TPSA) is 123 Å². The highest BCUT2D eigenvalue weighted by atomic mass is 32.2. The van der Waals surface area contributed by atoms with Gasteiger partial charge in [-0.25, -0.2) is 17.8 Å². The van der Waals surface area contributed by atoms with Gasteiger partial charge in [0, 0.05) is 18.8 Å². The second-order valence-electron chi connectivity index (χ2n) is 13.8. The Morgan fingerprint density at radius 1 is 1.06 bits per heavy atom. The summed E-state index contributed by atoms with van der Waals surface area (Å²) in [6.45, 7) is 0.184. The molecule has 7 rings (SSSR count). The number of hydrogen-bond acceptors (Lipinski definition) is 8. The molecule has 1 saturated heterocycles. The van der Waals surface area contributed by atoms with E-state index >= 15 is 0 Å². The number of ketones is 1. The third-order valence-corrected chi connectivity index (χ3v) is 13.0. The Hall–Kier alpha value is -3.64. The molecule has 2 saturated carbocycles. The lowest BCUT2D eigenvalue weighted by atomic mass is 9.90. The average molecular weight is 694 g/mol. The van der Waals surface area contributed by atoms with E-state index in [0.717, 1.165) is 41.5 Å². The van der Waals surface area contributed by atoms with Crippen LogP contribution in [0.5, 0.6) is 5.19 Å². The van der Waals surface area contributed by atoms with Crippen molar-refractivity contribution >= 4 is 49.2 Å². The Labute approximate surface area is 284 Å². The highest BCUT2D eigenvalue weighted by molar-refractivity contribution is 7.90. The van der Waals surface area contributed by atoms with E-state index in [4.69, 9.17) is 4.74 Å². The molecule has 48 heavy (non-hydrogen) atoms. The molecular weight excluding hydrogens is 654 g/mol. The van der Waals surface area contributed by atoms with E-state index in [2.05, 4.69) is 9.71 Å². The maximum absolute atomic E-state index is 14.5. The lowest BCUT2D eigenvalue weighted by molar-refractivity contribution is -0.142. The number of fused-ring (bicyclic) bond motifs is 3.